The van der Waals surface area contributed by atoms with Gasteiger partial charge in [0, 0.05) is 45.3 Å². The lowest BCUT2D eigenvalue weighted by Gasteiger charge is -2.34. The maximum Gasteiger partial charge on any atom is 0.416 e. The minimum Gasteiger partial charge on any atom is -0.492 e. The van der Waals surface area contributed by atoms with Gasteiger partial charge in [0.05, 0.1) is 12.1 Å². The second kappa shape index (κ2) is 11.4. The molecule has 3 aromatic carbocycles. The summed E-state index contributed by atoms with van der Waals surface area (Å²) in [6.45, 7) is 3.96. The fraction of sp³-hybridized carbons (Fsp3) is 0.310. The molecule has 1 amide bonds. The molecular weight excluding hydrogens is 509 g/mol. The molecule has 0 spiro atoms. The van der Waals surface area contributed by atoms with Crippen molar-refractivity contribution in [2.24, 2.45) is 0 Å². The van der Waals surface area contributed by atoms with Crippen molar-refractivity contribution in [2.75, 3.05) is 51.3 Å². The second-order valence-electron chi connectivity index (χ2n) is 9.52. The van der Waals surface area contributed by atoms with Crippen molar-refractivity contribution in [3.05, 3.63) is 89.5 Å². The SMILES string of the molecule is CN(CCOc1ccc(C(=O)N2CCN(Cc3ccc(C(F)(F)F)cc3)CC2)cc1)c1nc2ccccc2o1. The summed E-state index contributed by atoms with van der Waals surface area (Å²) in [4.78, 5) is 23.3. The van der Waals surface area contributed by atoms with Crippen LogP contribution in [0.5, 0.6) is 5.75 Å². The number of ether oxygens (including phenoxy) is 1. The molecule has 0 radical (unpaired) electrons. The zero-order chi connectivity index (χ0) is 27.4. The van der Waals surface area contributed by atoms with Gasteiger partial charge in [-0.3, -0.25) is 9.69 Å². The number of fused-ring (bicyclic) bond motifs is 1. The molecule has 0 N–H and O–H groups in total. The van der Waals surface area contributed by atoms with Crippen LogP contribution < -0.4 is 9.64 Å². The minimum atomic E-state index is -4.33. The number of aromatic nitrogens is 1. The Kier molecular flexibility index (Phi) is 7.74. The van der Waals surface area contributed by atoms with E-state index in [9.17, 15) is 18.0 Å². The molecule has 0 unspecified atom stereocenters. The van der Waals surface area contributed by atoms with Crippen LogP contribution in [0.1, 0.15) is 21.5 Å². The fourth-order valence-corrected chi connectivity index (χ4v) is 4.46. The number of alkyl halides is 3. The van der Waals surface area contributed by atoms with E-state index in [0.29, 0.717) is 63.2 Å². The Bertz CT molecular complexity index is 1360. The molecule has 1 fully saturated rings. The van der Waals surface area contributed by atoms with Crippen LogP contribution in [0.3, 0.4) is 0 Å². The first-order chi connectivity index (χ1) is 18.8. The number of amides is 1. The van der Waals surface area contributed by atoms with E-state index < -0.39 is 11.7 Å². The van der Waals surface area contributed by atoms with Crippen LogP contribution in [0.4, 0.5) is 19.2 Å². The number of hydrogen-bond acceptors (Lipinski definition) is 6. The van der Waals surface area contributed by atoms with Crippen molar-refractivity contribution in [3.8, 4) is 5.75 Å². The summed E-state index contributed by atoms with van der Waals surface area (Å²) in [7, 11) is 1.89. The molecule has 1 aromatic heterocycles. The standard InChI is InChI=1S/C29H29F3N4O3/c1-34(28-33-25-4-2-3-5-26(25)39-28)18-19-38-24-12-8-22(9-13-24)27(37)36-16-14-35(15-17-36)20-21-6-10-23(11-7-21)29(30,31)32/h2-13H,14-20H2,1H3. The largest absolute Gasteiger partial charge is 0.492 e. The molecule has 2 heterocycles. The summed E-state index contributed by atoms with van der Waals surface area (Å²) in [5.41, 5.74) is 2.30. The lowest BCUT2D eigenvalue weighted by atomic mass is 10.1. The topological polar surface area (TPSA) is 62.1 Å². The zero-order valence-electron chi connectivity index (χ0n) is 21.5. The first kappa shape index (κ1) is 26.6. The van der Waals surface area contributed by atoms with Gasteiger partial charge in [-0.15, -0.1) is 0 Å². The number of oxazole rings is 1. The highest BCUT2D eigenvalue weighted by Gasteiger charge is 2.30. The summed E-state index contributed by atoms with van der Waals surface area (Å²) in [5, 5.41) is 0. The smallest absolute Gasteiger partial charge is 0.416 e. The van der Waals surface area contributed by atoms with Crippen LogP contribution in [-0.4, -0.2) is 67.1 Å². The van der Waals surface area contributed by atoms with E-state index in [2.05, 4.69) is 9.88 Å². The summed E-state index contributed by atoms with van der Waals surface area (Å²) >= 11 is 0. The highest BCUT2D eigenvalue weighted by atomic mass is 19.4. The summed E-state index contributed by atoms with van der Waals surface area (Å²) in [6, 6.07) is 20.5. The predicted octanol–water partition coefficient (Wildman–Crippen LogP) is 5.32. The molecule has 10 heteroatoms. The predicted molar refractivity (Wildman–Crippen MR) is 142 cm³/mol. The maximum absolute atomic E-state index is 13.0. The third-order valence-corrected chi connectivity index (χ3v) is 6.75. The van der Waals surface area contributed by atoms with Crippen molar-refractivity contribution in [1.82, 2.24) is 14.8 Å². The number of likely N-dealkylation sites (N-methyl/N-ethyl adjacent to an activating group) is 1. The summed E-state index contributed by atoms with van der Waals surface area (Å²) in [5.74, 6) is 0.616. The number of carbonyl (C=O) groups excluding carboxylic acids is 1. The Morgan fingerprint density at radius 1 is 0.974 bits per heavy atom. The maximum atomic E-state index is 13.0. The molecule has 5 rings (SSSR count). The van der Waals surface area contributed by atoms with Gasteiger partial charge in [-0.05, 0) is 54.1 Å². The van der Waals surface area contributed by atoms with Crippen LogP contribution in [0.2, 0.25) is 0 Å². The van der Waals surface area contributed by atoms with Gasteiger partial charge in [0.2, 0.25) is 0 Å². The zero-order valence-corrected chi connectivity index (χ0v) is 21.5. The molecule has 0 saturated carbocycles. The van der Waals surface area contributed by atoms with E-state index in [4.69, 9.17) is 9.15 Å². The highest BCUT2D eigenvalue weighted by Crippen LogP contribution is 2.29. The molecule has 4 aromatic rings. The van der Waals surface area contributed by atoms with Crippen molar-refractivity contribution >= 4 is 23.0 Å². The fourth-order valence-electron chi connectivity index (χ4n) is 4.46. The Balaban J connectivity index is 1.06. The van der Waals surface area contributed by atoms with E-state index in [-0.39, 0.29) is 5.91 Å². The van der Waals surface area contributed by atoms with Crippen LogP contribution in [0, 0.1) is 0 Å². The molecular formula is C29H29F3N4O3. The van der Waals surface area contributed by atoms with Gasteiger partial charge in [0.15, 0.2) is 5.58 Å². The van der Waals surface area contributed by atoms with Gasteiger partial charge in [-0.1, -0.05) is 24.3 Å². The molecule has 1 aliphatic rings. The third-order valence-electron chi connectivity index (χ3n) is 6.75. The lowest BCUT2D eigenvalue weighted by Crippen LogP contribution is -2.48. The number of rotatable bonds is 8. The van der Waals surface area contributed by atoms with Crippen LogP contribution in [0.25, 0.3) is 11.1 Å². The van der Waals surface area contributed by atoms with E-state index in [1.807, 2.05) is 36.2 Å². The van der Waals surface area contributed by atoms with Crippen LogP contribution in [-0.2, 0) is 12.7 Å². The Hall–Kier alpha value is -4.05. The van der Waals surface area contributed by atoms with Gasteiger partial charge in [-0.2, -0.15) is 18.2 Å². The number of piperazine rings is 1. The monoisotopic (exact) mass is 538 g/mol. The summed E-state index contributed by atoms with van der Waals surface area (Å²) < 4.78 is 49.9. The number of nitrogens with zero attached hydrogens (tertiary/aromatic N) is 4. The first-order valence-corrected chi connectivity index (χ1v) is 12.7. The first-order valence-electron chi connectivity index (χ1n) is 12.7. The van der Waals surface area contributed by atoms with Crippen LogP contribution >= 0.6 is 0 Å². The highest BCUT2D eigenvalue weighted by molar-refractivity contribution is 5.94. The molecule has 1 saturated heterocycles. The van der Waals surface area contributed by atoms with Crippen molar-refractivity contribution < 1.29 is 27.1 Å². The molecule has 0 bridgehead atoms. The summed E-state index contributed by atoms with van der Waals surface area (Å²) in [6.07, 6.45) is -4.33. The number of hydrogen-bond donors (Lipinski definition) is 0. The normalized spacial score (nSPS) is 14.5. The third kappa shape index (κ3) is 6.51. The average molecular weight is 539 g/mol. The minimum absolute atomic E-state index is 0.0496. The molecule has 0 atom stereocenters. The quantitative estimate of drug-likeness (QED) is 0.303. The molecule has 0 aliphatic carbocycles. The lowest BCUT2D eigenvalue weighted by molar-refractivity contribution is -0.137. The van der Waals surface area contributed by atoms with Crippen LogP contribution in [0.15, 0.2) is 77.2 Å². The Labute approximate surface area is 224 Å². The number of para-hydroxylation sites is 2. The number of benzene rings is 3. The van der Waals surface area contributed by atoms with E-state index >= 15 is 0 Å². The van der Waals surface area contributed by atoms with Gasteiger partial charge < -0.3 is 19.0 Å². The van der Waals surface area contributed by atoms with E-state index in [1.165, 1.54) is 12.1 Å². The van der Waals surface area contributed by atoms with Gasteiger partial charge >= 0.3 is 6.18 Å². The molecule has 7 nitrogen and oxygen atoms in total. The number of carbonyl (C=O) groups is 1. The van der Waals surface area contributed by atoms with Gasteiger partial charge in [0.1, 0.15) is 17.9 Å². The molecule has 1 aliphatic heterocycles. The number of anilines is 1. The van der Waals surface area contributed by atoms with Crippen molar-refractivity contribution in [3.63, 3.8) is 0 Å². The van der Waals surface area contributed by atoms with Gasteiger partial charge in [-0.25, -0.2) is 0 Å². The Morgan fingerprint density at radius 3 is 2.33 bits per heavy atom. The molecule has 39 heavy (non-hydrogen) atoms. The van der Waals surface area contributed by atoms with Crippen molar-refractivity contribution in [1.29, 1.82) is 0 Å². The molecule has 204 valence electrons. The average Bonchev–Trinajstić information content (AvgIpc) is 3.38. The number of halogens is 3. The van der Waals surface area contributed by atoms with Gasteiger partial charge in [0.25, 0.3) is 11.9 Å². The second-order valence-corrected chi connectivity index (χ2v) is 9.52. The van der Waals surface area contributed by atoms with Crippen molar-refractivity contribution in [2.45, 2.75) is 12.7 Å². The van der Waals surface area contributed by atoms with E-state index in [0.717, 1.165) is 28.8 Å². The Morgan fingerprint density at radius 2 is 1.67 bits per heavy atom. The van der Waals surface area contributed by atoms with E-state index in [1.54, 1.807) is 29.2 Å².